The van der Waals surface area contributed by atoms with Crippen LogP contribution in [0.25, 0.3) is 10.2 Å². The van der Waals surface area contributed by atoms with Gasteiger partial charge in [0.05, 0.1) is 10.2 Å². The second kappa shape index (κ2) is 10.2. The van der Waals surface area contributed by atoms with Gasteiger partial charge in [-0.15, -0.1) is 24.0 Å². The summed E-state index contributed by atoms with van der Waals surface area (Å²) >= 11 is 1.66. The van der Waals surface area contributed by atoms with E-state index < -0.39 is 0 Å². The van der Waals surface area contributed by atoms with Crippen LogP contribution in [0, 0.1) is 0 Å². The van der Waals surface area contributed by atoms with Crippen molar-refractivity contribution < 1.29 is 0 Å². The van der Waals surface area contributed by atoms with Gasteiger partial charge in [-0.3, -0.25) is 4.99 Å². The van der Waals surface area contributed by atoms with Crippen LogP contribution in [-0.2, 0) is 6.42 Å². The molecule has 0 unspecified atom stereocenters. The molecule has 1 heterocycles. The highest BCUT2D eigenvalue weighted by Gasteiger charge is 2.01. The lowest BCUT2D eigenvalue weighted by molar-refractivity contribution is 0.873. The maximum atomic E-state index is 5.88. The third-order valence-electron chi connectivity index (χ3n) is 3.53. The standard InChI is InChI=1S/C18H21N5S.HI/c19-17(20-11-10-14-6-2-1-3-7-14)21-12-13-22-18-23-15-8-4-5-9-16(15)24-18;/h1-9H,10-13H2,(H,22,23)(H3,19,20,21);1H. The van der Waals surface area contributed by atoms with Crippen LogP contribution in [0.5, 0.6) is 0 Å². The average molecular weight is 467 g/mol. The van der Waals surface area contributed by atoms with Crippen LogP contribution in [-0.4, -0.2) is 30.6 Å². The van der Waals surface area contributed by atoms with Gasteiger partial charge in [-0.25, -0.2) is 4.98 Å². The number of rotatable bonds is 7. The number of nitrogens with two attached hydrogens (primary N) is 1. The Morgan fingerprint density at radius 2 is 1.80 bits per heavy atom. The number of hydrogen-bond donors (Lipinski definition) is 3. The minimum atomic E-state index is 0. The van der Waals surface area contributed by atoms with E-state index in [4.69, 9.17) is 5.73 Å². The number of benzene rings is 2. The molecule has 0 radical (unpaired) electrons. The van der Waals surface area contributed by atoms with E-state index in [1.54, 1.807) is 11.3 Å². The molecule has 0 saturated carbocycles. The van der Waals surface area contributed by atoms with Crippen LogP contribution < -0.4 is 16.4 Å². The second-order valence-corrected chi connectivity index (χ2v) is 6.37. The van der Waals surface area contributed by atoms with Crippen LogP contribution in [0.3, 0.4) is 0 Å². The van der Waals surface area contributed by atoms with Gasteiger partial charge in [0, 0.05) is 19.6 Å². The van der Waals surface area contributed by atoms with Crippen molar-refractivity contribution in [3.63, 3.8) is 0 Å². The van der Waals surface area contributed by atoms with E-state index in [1.165, 1.54) is 10.3 Å². The molecule has 3 aromatic rings. The molecule has 0 aliphatic carbocycles. The summed E-state index contributed by atoms with van der Waals surface area (Å²) in [6, 6.07) is 18.4. The van der Waals surface area contributed by atoms with Crippen LogP contribution in [0.2, 0.25) is 0 Å². The van der Waals surface area contributed by atoms with Crippen LogP contribution in [0.1, 0.15) is 5.56 Å². The molecule has 0 bridgehead atoms. The Balaban J connectivity index is 0.00000225. The van der Waals surface area contributed by atoms with E-state index in [1.807, 2.05) is 36.4 Å². The first-order valence-electron chi connectivity index (χ1n) is 7.98. The number of nitrogens with zero attached hydrogens (tertiary/aromatic N) is 2. The third-order valence-corrected chi connectivity index (χ3v) is 4.52. The fourth-order valence-electron chi connectivity index (χ4n) is 2.31. The van der Waals surface area contributed by atoms with Crippen molar-refractivity contribution in [3.05, 3.63) is 60.2 Å². The van der Waals surface area contributed by atoms with Crippen LogP contribution in [0.4, 0.5) is 5.13 Å². The Morgan fingerprint density at radius 3 is 2.60 bits per heavy atom. The first kappa shape index (κ1) is 19.5. The number of aromatic nitrogens is 1. The number of nitrogens with one attached hydrogen (secondary N) is 2. The van der Waals surface area contributed by atoms with Crippen molar-refractivity contribution >= 4 is 56.6 Å². The van der Waals surface area contributed by atoms with Gasteiger partial charge in [-0.2, -0.15) is 0 Å². The summed E-state index contributed by atoms with van der Waals surface area (Å²) in [4.78, 5) is 8.87. The minimum Gasteiger partial charge on any atom is -0.370 e. The highest BCUT2D eigenvalue weighted by atomic mass is 127. The normalized spacial score (nSPS) is 11.1. The summed E-state index contributed by atoms with van der Waals surface area (Å²) in [7, 11) is 0. The SMILES string of the molecule is I.NC(=NCCc1ccccc1)NCCNc1nc2ccccc2s1. The summed E-state index contributed by atoms with van der Waals surface area (Å²) in [6.45, 7) is 2.14. The van der Waals surface area contributed by atoms with Gasteiger partial charge < -0.3 is 16.4 Å². The molecular formula is C18H22IN5S. The molecular weight excluding hydrogens is 445 g/mol. The highest BCUT2D eigenvalue weighted by molar-refractivity contribution is 14.0. The molecule has 132 valence electrons. The summed E-state index contributed by atoms with van der Waals surface area (Å²) in [5.74, 6) is 0.483. The largest absolute Gasteiger partial charge is 0.370 e. The summed E-state index contributed by atoms with van der Waals surface area (Å²) in [5.41, 5.74) is 8.17. The summed E-state index contributed by atoms with van der Waals surface area (Å²) in [6.07, 6.45) is 0.896. The van der Waals surface area contributed by atoms with Crippen molar-refractivity contribution in [1.29, 1.82) is 0 Å². The van der Waals surface area contributed by atoms with E-state index in [0.717, 1.165) is 23.6 Å². The van der Waals surface area contributed by atoms with E-state index in [2.05, 4.69) is 38.8 Å². The van der Waals surface area contributed by atoms with E-state index >= 15 is 0 Å². The van der Waals surface area contributed by atoms with Gasteiger partial charge in [0.1, 0.15) is 0 Å². The van der Waals surface area contributed by atoms with Crippen molar-refractivity contribution in [2.24, 2.45) is 10.7 Å². The number of guanidine groups is 1. The number of para-hydroxylation sites is 1. The Morgan fingerprint density at radius 1 is 1.04 bits per heavy atom. The summed E-state index contributed by atoms with van der Waals surface area (Å²) < 4.78 is 1.19. The fourth-order valence-corrected chi connectivity index (χ4v) is 3.21. The third kappa shape index (κ3) is 6.17. The molecule has 0 aliphatic rings. The molecule has 0 aliphatic heterocycles. The first-order valence-corrected chi connectivity index (χ1v) is 8.80. The van der Waals surface area contributed by atoms with Gasteiger partial charge in [0.15, 0.2) is 11.1 Å². The molecule has 4 N–H and O–H groups in total. The quantitative estimate of drug-likeness (QED) is 0.215. The maximum Gasteiger partial charge on any atom is 0.188 e. The summed E-state index contributed by atoms with van der Waals surface area (Å²) in [5, 5.41) is 7.35. The Bertz CT molecular complexity index is 770. The van der Waals surface area contributed by atoms with Crippen molar-refractivity contribution in [2.75, 3.05) is 25.0 Å². The lowest BCUT2D eigenvalue weighted by Gasteiger charge is -2.06. The zero-order valence-corrected chi connectivity index (χ0v) is 17.0. The molecule has 5 nitrogen and oxygen atoms in total. The molecule has 0 fully saturated rings. The minimum absolute atomic E-state index is 0. The Hall–Kier alpha value is -1.87. The molecule has 25 heavy (non-hydrogen) atoms. The van der Waals surface area contributed by atoms with Crippen molar-refractivity contribution in [3.8, 4) is 0 Å². The van der Waals surface area contributed by atoms with Gasteiger partial charge in [0.25, 0.3) is 0 Å². The Kier molecular flexibility index (Phi) is 7.93. The number of hydrogen-bond acceptors (Lipinski definition) is 4. The lowest BCUT2D eigenvalue weighted by atomic mass is 10.2. The monoisotopic (exact) mass is 467 g/mol. The van der Waals surface area contributed by atoms with E-state index in [0.29, 0.717) is 19.0 Å². The topological polar surface area (TPSA) is 75.3 Å². The number of anilines is 1. The van der Waals surface area contributed by atoms with Gasteiger partial charge in [0.2, 0.25) is 0 Å². The van der Waals surface area contributed by atoms with E-state index in [-0.39, 0.29) is 24.0 Å². The fraction of sp³-hybridized carbons (Fsp3) is 0.222. The molecule has 0 amide bonds. The van der Waals surface area contributed by atoms with Crippen molar-refractivity contribution in [2.45, 2.75) is 6.42 Å². The van der Waals surface area contributed by atoms with Gasteiger partial charge in [-0.05, 0) is 24.1 Å². The van der Waals surface area contributed by atoms with Crippen molar-refractivity contribution in [1.82, 2.24) is 10.3 Å². The molecule has 7 heteroatoms. The zero-order valence-electron chi connectivity index (χ0n) is 13.8. The van der Waals surface area contributed by atoms with Gasteiger partial charge >= 0.3 is 0 Å². The molecule has 0 saturated heterocycles. The highest BCUT2D eigenvalue weighted by Crippen LogP contribution is 2.24. The first-order chi connectivity index (χ1) is 11.8. The second-order valence-electron chi connectivity index (χ2n) is 5.34. The Labute approximate surface area is 168 Å². The van der Waals surface area contributed by atoms with Crippen LogP contribution >= 0.6 is 35.3 Å². The molecule has 1 aromatic heterocycles. The van der Waals surface area contributed by atoms with Gasteiger partial charge in [-0.1, -0.05) is 53.8 Å². The predicted octanol–water partition coefficient (Wildman–Crippen LogP) is 3.47. The average Bonchev–Trinajstić information content (AvgIpc) is 3.02. The smallest absolute Gasteiger partial charge is 0.188 e. The van der Waals surface area contributed by atoms with E-state index in [9.17, 15) is 0 Å². The maximum absolute atomic E-state index is 5.88. The molecule has 2 aromatic carbocycles. The molecule has 0 atom stereocenters. The number of thiazole rings is 1. The zero-order chi connectivity index (χ0) is 16.6. The number of halogens is 1. The lowest BCUT2D eigenvalue weighted by Crippen LogP contribution is -2.35. The molecule has 3 rings (SSSR count). The molecule has 0 spiro atoms. The number of aliphatic imine (C=N–C) groups is 1. The predicted molar refractivity (Wildman–Crippen MR) is 118 cm³/mol. The van der Waals surface area contributed by atoms with Crippen LogP contribution in [0.15, 0.2) is 59.6 Å². The number of fused-ring (bicyclic) bond motifs is 1.